The lowest BCUT2D eigenvalue weighted by atomic mass is 9.64. The van der Waals surface area contributed by atoms with E-state index in [0.29, 0.717) is 11.8 Å². The predicted octanol–water partition coefficient (Wildman–Crippen LogP) is 3.59. The van der Waals surface area contributed by atoms with E-state index in [1.807, 2.05) is 6.07 Å². The molecule has 1 aromatic carbocycles. The van der Waals surface area contributed by atoms with Gasteiger partial charge in [0.2, 0.25) is 5.89 Å². The van der Waals surface area contributed by atoms with Crippen LogP contribution >= 0.6 is 0 Å². The van der Waals surface area contributed by atoms with Gasteiger partial charge in [-0.05, 0) is 30.7 Å². The van der Waals surface area contributed by atoms with E-state index < -0.39 is 0 Å². The number of rotatable bonds is 5. The number of hydrogen-bond donors (Lipinski definition) is 1. The minimum absolute atomic E-state index is 0.0689. The first-order valence-electron chi connectivity index (χ1n) is 7.77. The number of nitrogens with two attached hydrogens (primary N) is 1. The molecule has 0 saturated heterocycles. The lowest BCUT2D eigenvalue weighted by Crippen LogP contribution is -2.36. The second-order valence-electron chi connectivity index (χ2n) is 6.49. The molecule has 112 valence electrons. The molecule has 0 unspecified atom stereocenters. The van der Waals surface area contributed by atoms with Crippen molar-refractivity contribution >= 4 is 0 Å². The van der Waals surface area contributed by atoms with Crippen LogP contribution in [0.15, 0.2) is 34.9 Å². The maximum Gasteiger partial charge on any atom is 0.243 e. The molecule has 1 aromatic heterocycles. The number of nitrogens with zero attached hydrogens (tertiary/aromatic N) is 2. The molecule has 0 aliphatic heterocycles. The number of benzene rings is 1. The van der Waals surface area contributed by atoms with Crippen LogP contribution in [0.4, 0.5) is 0 Å². The van der Waals surface area contributed by atoms with Crippen molar-refractivity contribution in [2.24, 2.45) is 11.7 Å². The lowest BCUT2D eigenvalue weighted by Gasteiger charge is -2.39. The van der Waals surface area contributed by atoms with Crippen LogP contribution in [0.1, 0.15) is 62.9 Å². The Morgan fingerprint density at radius 2 is 1.95 bits per heavy atom. The normalized spacial score (nSPS) is 18.5. The molecule has 0 spiro atoms. The maximum absolute atomic E-state index is 6.15. The van der Waals surface area contributed by atoms with Crippen molar-refractivity contribution in [3.8, 4) is 0 Å². The van der Waals surface area contributed by atoms with Gasteiger partial charge in [0.15, 0.2) is 5.82 Å². The molecule has 1 fully saturated rings. The third-order valence-electron chi connectivity index (χ3n) is 4.45. The van der Waals surface area contributed by atoms with Gasteiger partial charge in [-0.1, -0.05) is 55.8 Å². The van der Waals surface area contributed by atoms with Gasteiger partial charge in [0.05, 0.1) is 11.5 Å². The molecule has 0 radical (unpaired) electrons. The molecule has 1 saturated carbocycles. The molecule has 1 heterocycles. The Morgan fingerprint density at radius 3 is 2.52 bits per heavy atom. The van der Waals surface area contributed by atoms with Crippen LogP contribution in [-0.4, -0.2) is 10.1 Å². The predicted molar refractivity (Wildman–Crippen MR) is 81.8 cm³/mol. The Hall–Kier alpha value is -1.68. The second kappa shape index (κ2) is 5.60. The number of hydrogen-bond acceptors (Lipinski definition) is 4. The zero-order valence-electron chi connectivity index (χ0n) is 12.7. The molecular formula is C17H23N3O. The fourth-order valence-corrected chi connectivity index (χ4v) is 3.12. The van der Waals surface area contributed by atoms with Crippen LogP contribution in [0.2, 0.25) is 0 Å². The first-order valence-corrected chi connectivity index (χ1v) is 7.77. The highest BCUT2D eigenvalue weighted by atomic mass is 16.5. The highest BCUT2D eigenvalue weighted by molar-refractivity contribution is 5.35. The first kappa shape index (κ1) is 14.3. The van der Waals surface area contributed by atoms with E-state index in [1.165, 1.54) is 12.0 Å². The maximum atomic E-state index is 6.15. The van der Waals surface area contributed by atoms with Gasteiger partial charge in [0.25, 0.3) is 0 Å². The summed E-state index contributed by atoms with van der Waals surface area (Å²) in [6.07, 6.45) is 4.22. The van der Waals surface area contributed by atoms with Crippen LogP contribution in [0.5, 0.6) is 0 Å². The largest absolute Gasteiger partial charge is 0.338 e. The molecule has 4 nitrogen and oxygen atoms in total. The van der Waals surface area contributed by atoms with Crippen LogP contribution in [0, 0.1) is 5.92 Å². The summed E-state index contributed by atoms with van der Waals surface area (Å²) in [5.74, 6) is 1.89. The van der Waals surface area contributed by atoms with Gasteiger partial charge in [-0.3, -0.25) is 0 Å². The summed E-state index contributed by atoms with van der Waals surface area (Å²) in [6.45, 7) is 4.29. The Kier molecular flexibility index (Phi) is 3.81. The quantitative estimate of drug-likeness (QED) is 0.911. The molecule has 3 rings (SSSR count). The first-order chi connectivity index (χ1) is 10.1. The summed E-state index contributed by atoms with van der Waals surface area (Å²) in [4.78, 5) is 4.63. The standard InChI is InChI=1S/C17H23N3O/c1-12(2)11-14(18)15-19-16(20-21-15)17(9-6-10-17)13-7-4-3-5-8-13/h3-5,7-8,12,14H,6,9-11,18H2,1-2H3/t14-/m0/s1. The Morgan fingerprint density at radius 1 is 1.24 bits per heavy atom. The van der Waals surface area contributed by atoms with E-state index in [9.17, 15) is 0 Å². The Balaban J connectivity index is 1.88. The van der Waals surface area contributed by atoms with Gasteiger partial charge in [0, 0.05) is 0 Å². The van der Waals surface area contributed by atoms with Crippen molar-refractivity contribution in [3.63, 3.8) is 0 Å². The summed E-state index contributed by atoms with van der Waals surface area (Å²) in [6, 6.07) is 10.3. The van der Waals surface area contributed by atoms with Crippen molar-refractivity contribution in [3.05, 3.63) is 47.6 Å². The van der Waals surface area contributed by atoms with Gasteiger partial charge in [-0.2, -0.15) is 4.98 Å². The van der Waals surface area contributed by atoms with E-state index in [1.54, 1.807) is 0 Å². The summed E-state index contributed by atoms with van der Waals surface area (Å²) < 4.78 is 5.44. The molecule has 2 N–H and O–H groups in total. The van der Waals surface area contributed by atoms with Crippen LogP contribution in [0.3, 0.4) is 0 Å². The molecule has 0 bridgehead atoms. The summed E-state index contributed by atoms with van der Waals surface area (Å²) in [7, 11) is 0. The average molecular weight is 285 g/mol. The van der Waals surface area contributed by atoms with Crippen molar-refractivity contribution in [1.82, 2.24) is 10.1 Å². The van der Waals surface area contributed by atoms with Crippen molar-refractivity contribution in [2.45, 2.75) is 51.0 Å². The molecule has 1 aliphatic carbocycles. The molecule has 0 amide bonds. The highest BCUT2D eigenvalue weighted by Crippen LogP contribution is 2.47. The molecule has 1 aliphatic rings. The van der Waals surface area contributed by atoms with Crippen LogP contribution in [-0.2, 0) is 5.41 Å². The third kappa shape index (κ3) is 2.60. The van der Waals surface area contributed by atoms with Crippen molar-refractivity contribution in [1.29, 1.82) is 0 Å². The van der Waals surface area contributed by atoms with Crippen molar-refractivity contribution < 1.29 is 4.52 Å². The fourth-order valence-electron chi connectivity index (χ4n) is 3.12. The minimum Gasteiger partial charge on any atom is -0.338 e. The summed E-state index contributed by atoms with van der Waals surface area (Å²) in [5, 5.41) is 4.25. The smallest absolute Gasteiger partial charge is 0.243 e. The highest BCUT2D eigenvalue weighted by Gasteiger charge is 2.44. The van der Waals surface area contributed by atoms with Crippen LogP contribution < -0.4 is 5.73 Å². The lowest BCUT2D eigenvalue weighted by molar-refractivity contribution is 0.268. The fraction of sp³-hybridized carbons (Fsp3) is 0.529. The van der Waals surface area contributed by atoms with Crippen molar-refractivity contribution in [2.75, 3.05) is 0 Å². The van der Waals surface area contributed by atoms with Gasteiger partial charge in [-0.15, -0.1) is 0 Å². The van der Waals surface area contributed by atoms with Crippen LogP contribution in [0.25, 0.3) is 0 Å². The zero-order valence-corrected chi connectivity index (χ0v) is 12.7. The van der Waals surface area contributed by atoms with E-state index in [4.69, 9.17) is 10.3 Å². The van der Waals surface area contributed by atoms with Gasteiger partial charge < -0.3 is 10.3 Å². The minimum atomic E-state index is -0.167. The van der Waals surface area contributed by atoms with E-state index in [-0.39, 0.29) is 11.5 Å². The van der Waals surface area contributed by atoms with E-state index >= 15 is 0 Å². The molecule has 21 heavy (non-hydrogen) atoms. The topological polar surface area (TPSA) is 64.9 Å². The van der Waals surface area contributed by atoms with Gasteiger partial charge >= 0.3 is 0 Å². The molecule has 2 aromatic rings. The summed E-state index contributed by atoms with van der Waals surface area (Å²) in [5.41, 5.74) is 7.36. The van der Waals surface area contributed by atoms with Gasteiger partial charge in [0.1, 0.15) is 0 Å². The van der Waals surface area contributed by atoms with E-state index in [2.05, 4.69) is 48.3 Å². The third-order valence-corrected chi connectivity index (χ3v) is 4.45. The summed E-state index contributed by atoms with van der Waals surface area (Å²) >= 11 is 0. The molecular weight excluding hydrogens is 262 g/mol. The van der Waals surface area contributed by atoms with E-state index in [0.717, 1.165) is 25.1 Å². The average Bonchev–Trinajstić information content (AvgIpc) is 2.88. The Bertz CT molecular complexity index is 587. The molecule has 4 heteroatoms. The number of aromatic nitrogens is 2. The second-order valence-corrected chi connectivity index (χ2v) is 6.49. The zero-order chi connectivity index (χ0) is 14.9. The van der Waals surface area contributed by atoms with Gasteiger partial charge in [-0.25, -0.2) is 0 Å². The SMILES string of the molecule is CC(C)C[C@H](N)c1nc(C2(c3ccccc3)CCC2)no1. The monoisotopic (exact) mass is 285 g/mol. The Labute approximate surface area is 125 Å². The molecule has 1 atom stereocenters.